The quantitative estimate of drug-likeness (QED) is 0.487. The van der Waals surface area contributed by atoms with E-state index < -0.39 is 5.97 Å². The topological polar surface area (TPSA) is 71.5 Å². The first kappa shape index (κ1) is 16.8. The number of ether oxygens (including phenoxy) is 1. The third-order valence-electron chi connectivity index (χ3n) is 3.21. The number of hydrogen-bond donors (Lipinski definition) is 1. The van der Waals surface area contributed by atoms with E-state index in [4.69, 9.17) is 11.6 Å². The van der Waals surface area contributed by atoms with Gasteiger partial charge in [-0.3, -0.25) is 4.79 Å². The summed E-state index contributed by atoms with van der Waals surface area (Å²) in [6, 6.07) is 0. The molecule has 1 aromatic heterocycles. The molecule has 120 valence electrons. The lowest BCUT2D eigenvalue weighted by Gasteiger charge is -2.11. The minimum Gasteiger partial charge on any atom is -0.466 e. The number of nitrogens with zero attached hydrogens (tertiary/aromatic N) is 2. The normalized spacial score (nSPS) is 14.5. The molecule has 0 bridgehead atoms. The van der Waals surface area contributed by atoms with Crippen LogP contribution in [-0.4, -0.2) is 43.6 Å². The molecule has 1 aromatic rings. The number of methoxy groups -OCH3 is 1. The summed E-state index contributed by atoms with van der Waals surface area (Å²) >= 11 is 7.37. The van der Waals surface area contributed by atoms with Crippen LogP contribution in [0.2, 0.25) is 5.15 Å². The maximum atomic E-state index is 12.1. The van der Waals surface area contributed by atoms with Crippen LogP contribution in [0.3, 0.4) is 0 Å². The Morgan fingerprint density at radius 2 is 2.18 bits per heavy atom. The van der Waals surface area contributed by atoms with Gasteiger partial charge >= 0.3 is 5.97 Å². The zero-order valence-electron chi connectivity index (χ0n) is 12.3. The van der Waals surface area contributed by atoms with Crippen LogP contribution in [0.1, 0.15) is 28.9 Å². The van der Waals surface area contributed by atoms with Crippen molar-refractivity contribution in [3.63, 3.8) is 0 Å². The highest BCUT2D eigenvalue weighted by molar-refractivity contribution is 7.18. The molecule has 1 N–H and O–H groups in total. The fourth-order valence-corrected chi connectivity index (χ4v) is 3.33. The molecule has 1 saturated heterocycles. The summed E-state index contributed by atoms with van der Waals surface area (Å²) in [6.07, 6.45) is 5.81. The maximum absolute atomic E-state index is 12.1. The van der Waals surface area contributed by atoms with Gasteiger partial charge in [0.2, 0.25) is 0 Å². The Bertz CT molecular complexity index is 568. The van der Waals surface area contributed by atoms with Gasteiger partial charge in [-0.15, -0.1) is 0 Å². The molecule has 2 heterocycles. The number of carbonyl (C=O) groups is 2. The third-order valence-corrected chi connectivity index (χ3v) is 4.71. The van der Waals surface area contributed by atoms with Gasteiger partial charge in [0.15, 0.2) is 10.3 Å². The first-order valence-corrected chi connectivity index (χ1v) is 8.25. The van der Waals surface area contributed by atoms with Crippen molar-refractivity contribution in [1.82, 2.24) is 10.3 Å². The monoisotopic (exact) mass is 343 g/mol. The Labute approximate surface area is 138 Å². The van der Waals surface area contributed by atoms with Crippen molar-refractivity contribution >= 4 is 39.9 Å². The zero-order valence-corrected chi connectivity index (χ0v) is 13.9. The predicted octanol–water partition coefficient (Wildman–Crippen LogP) is 2.25. The van der Waals surface area contributed by atoms with E-state index in [2.05, 4.69) is 19.9 Å². The van der Waals surface area contributed by atoms with Crippen molar-refractivity contribution < 1.29 is 14.3 Å². The number of halogens is 1. The van der Waals surface area contributed by atoms with Crippen LogP contribution in [-0.2, 0) is 9.53 Å². The van der Waals surface area contributed by atoms with Crippen LogP contribution < -0.4 is 10.2 Å². The number of amides is 1. The van der Waals surface area contributed by atoms with Gasteiger partial charge in [0.1, 0.15) is 4.88 Å². The number of anilines is 1. The number of thiazole rings is 1. The summed E-state index contributed by atoms with van der Waals surface area (Å²) in [5.74, 6) is -0.647. The number of rotatable bonds is 6. The van der Waals surface area contributed by atoms with Crippen LogP contribution >= 0.6 is 22.9 Å². The molecule has 1 amide bonds. The largest absolute Gasteiger partial charge is 0.466 e. The van der Waals surface area contributed by atoms with Crippen molar-refractivity contribution in [1.29, 1.82) is 0 Å². The molecule has 0 aliphatic carbocycles. The summed E-state index contributed by atoms with van der Waals surface area (Å²) in [5, 5.41) is 3.81. The third kappa shape index (κ3) is 4.45. The van der Waals surface area contributed by atoms with Gasteiger partial charge in [0.05, 0.1) is 7.11 Å². The van der Waals surface area contributed by atoms with Gasteiger partial charge in [0, 0.05) is 25.7 Å². The Hall–Kier alpha value is -1.60. The number of hydrogen-bond acceptors (Lipinski definition) is 6. The van der Waals surface area contributed by atoms with Gasteiger partial charge < -0.3 is 15.0 Å². The summed E-state index contributed by atoms with van der Waals surface area (Å²) in [7, 11) is 1.32. The molecular weight excluding hydrogens is 326 g/mol. The molecule has 1 aliphatic rings. The number of aromatic nitrogens is 1. The van der Waals surface area contributed by atoms with E-state index in [-0.39, 0.29) is 11.1 Å². The van der Waals surface area contributed by atoms with E-state index in [1.54, 1.807) is 6.08 Å². The van der Waals surface area contributed by atoms with Crippen LogP contribution in [0.4, 0.5) is 5.13 Å². The number of esters is 1. The van der Waals surface area contributed by atoms with E-state index in [0.717, 1.165) is 31.1 Å². The second-order valence-electron chi connectivity index (χ2n) is 4.78. The van der Waals surface area contributed by atoms with Crippen molar-refractivity contribution in [3.8, 4) is 0 Å². The molecule has 22 heavy (non-hydrogen) atoms. The molecule has 0 unspecified atom stereocenters. The maximum Gasteiger partial charge on any atom is 0.330 e. The van der Waals surface area contributed by atoms with Crippen LogP contribution in [0.5, 0.6) is 0 Å². The Kier molecular flexibility index (Phi) is 6.21. The molecule has 0 aromatic carbocycles. The number of nitrogens with one attached hydrogen (secondary N) is 1. The molecule has 0 saturated carbocycles. The minimum absolute atomic E-state index is 0.237. The SMILES string of the molecule is COC(=O)/C=C/CCNC(=O)c1sc(N2CCCC2)nc1Cl. The fourth-order valence-electron chi connectivity index (χ4n) is 2.07. The fraction of sp³-hybridized carbons (Fsp3) is 0.500. The molecule has 0 spiro atoms. The lowest BCUT2D eigenvalue weighted by Crippen LogP contribution is -2.23. The van der Waals surface area contributed by atoms with Crippen molar-refractivity contribution in [3.05, 3.63) is 22.2 Å². The van der Waals surface area contributed by atoms with Crippen LogP contribution in [0, 0.1) is 0 Å². The van der Waals surface area contributed by atoms with Crippen LogP contribution in [0.15, 0.2) is 12.2 Å². The molecular formula is C14H18ClN3O3S. The Balaban J connectivity index is 1.84. The van der Waals surface area contributed by atoms with E-state index in [9.17, 15) is 9.59 Å². The van der Waals surface area contributed by atoms with Gasteiger partial charge in [0.25, 0.3) is 5.91 Å². The van der Waals surface area contributed by atoms with Crippen molar-refractivity contribution in [2.24, 2.45) is 0 Å². The standard InChI is InChI=1S/C14H18ClN3O3S/c1-21-10(19)6-2-3-7-16-13(20)11-12(15)17-14(22-11)18-8-4-5-9-18/h2,6H,3-5,7-9H2,1H3,(H,16,20)/b6-2+. The average molecular weight is 344 g/mol. The van der Waals surface area contributed by atoms with E-state index >= 15 is 0 Å². The molecule has 2 rings (SSSR count). The first-order chi connectivity index (χ1) is 10.6. The Morgan fingerprint density at radius 3 is 2.86 bits per heavy atom. The first-order valence-electron chi connectivity index (χ1n) is 7.05. The summed E-state index contributed by atoms with van der Waals surface area (Å²) < 4.78 is 4.47. The van der Waals surface area contributed by atoms with E-state index in [1.165, 1.54) is 24.5 Å². The van der Waals surface area contributed by atoms with E-state index in [1.807, 2.05) is 0 Å². The minimum atomic E-state index is -0.410. The van der Waals surface area contributed by atoms with Crippen LogP contribution in [0.25, 0.3) is 0 Å². The molecule has 0 atom stereocenters. The van der Waals surface area contributed by atoms with Gasteiger partial charge in [-0.05, 0) is 19.3 Å². The number of carbonyl (C=O) groups excluding carboxylic acids is 2. The molecule has 1 aliphatic heterocycles. The average Bonchev–Trinajstić information content (AvgIpc) is 3.15. The predicted molar refractivity (Wildman–Crippen MR) is 86.7 cm³/mol. The summed E-state index contributed by atoms with van der Waals surface area (Å²) in [6.45, 7) is 2.34. The highest BCUT2D eigenvalue weighted by atomic mass is 35.5. The zero-order chi connectivity index (χ0) is 15.9. The van der Waals surface area contributed by atoms with Crippen molar-refractivity contribution in [2.45, 2.75) is 19.3 Å². The van der Waals surface area contributed by atoms with Gasteiger partial charge in [-0.1, -0.05) is 29.0 Å². The molecule has 1 fully saturated rings. The highest BCUT2D eigenvalue weighted by Gasteiger charge is 2.21. The van der Waals surface area contributed by atoms with Crippen molar-refractivity contribution in [2.75, 3.05) is 31.6 Å². The second kappa shape index (κ2) is 8.14. The highest BCUT2D eigenvalue weighted by Crippen LogP contribution is 2.31. The lowest BCUT2D eigenvalue weighted by atomic mass is 10.3. The molecule has 0 radical (unpaired) electrons. The molecule has 8 heteroatoms. The smallest absolute Gasteiger partial charge is 0.330 e. The van der Waals surface area contributed by atoms with E-state index in [0.29, 0.717) is 17.8 Å². The summed E-state index contributed by atoms with van der Waals surface area (Å²) in [5.41, 5.74) is 0. The van der Waals surface area contributed by atoms with Gasteiger partial charge in [-0.2, -0.15) is 0 Å². The summed E-state index contributed by atoms with van der Waals surface area (Å²) in [4.78, 5) is 29.8. The molecule has 6 nitrogen and oxygen atoms in total. The Morgan fingerprint density at radius 1 is 1.45 bits per heavy atom. The van der Waals surface area contributed by atoms with Gasteiger partial charge in [-0.25, -0.2) is 9.78 Å². The lowest BCUT2D eigenvalue weighted by molar-refractivity contribution is -0.134. The second-order valence-corrected chi connectivity index (χ2v) is 6.12.